The topological polar surface area (TPSA) is 53.5 Å². The molecule has 4 nitrogen and oxygen atoms in total. The van der Waals surface area contributed by atoms with Gasteiger partial charge in [0.2, 0.25) is 0 Å². The van der Waals surface area contributed by atoms with Crippen LogP contribution in [0, 0.1) is 0 Å². The minimum atomic E-state index is 0.0761. The van der Waals surface area contributed by atoms with Crippen LogP contribution in [-0.2, 0) is 0 Å². The number of methoxy groups -OCH3 is 1. The van der Waals surface area contributed by atoms with E-state index < -0.39 is 0 Å². The first-order chi connectivity index (χ1) is 8.22. The molecule has 1 aromatic carbocycles. The molecule has 0 fully saturated rings. The Labute approximate surface area is 103 Å². The van der Waals surface area contributed by atoms with E-state index in [1.165, 1.54) is 0 Å². The lowest BCUT2D eigenvalue weighted by Crippen LogP contribution is -2.40. The van der Waals surface area contributed by atoms with Crippen molar-refractivity contribution in [1.82, 2.24) is 10.6 Å². The van der Waals surface area contributed by atoms with Gasteiger partial charge in [-0.15, -0.1) is 0 Å². The van der Waals surface area contributed by atoms with E-state index in [0.717, 1.165) is 11.3 Å². The van der Waals surface area contributed by atoms with Gasteiger partial charge >= 0.3 is 0 Å². The highest BCUT2D eigenvalue weighted by Gasteiger charge is 2.12. The van der Waals surface area contributed by atoms with E-state index in [9.17, 15) is 0 Å². The monoisotopic (exact) mass is 238 g/mol. The summed E-state index contributed by atoms with van der Waals surface area (Å²) < 4.78 is 5.32. The fraction of sp³-hybridized carbons (Fsp3) is 0.538. The van der Waals surface area contributed by atoms with E-state index >= 15 is 0 Å². The average Bonchev–Trinajstić information content (AvgIpc) is 2.39. The summed E-state index contributed by atoms with van der Waals surface area (Å²) >= 11 is 0. The Morgan fingerprint density at radius 1 is 1.35 bits per heavy atom. The quantitative estimate of drug-likeness (QED) is 0.661. The summed E-state index contributed by atoms with van der Waals surface area (Å²) in [4.78, 5) is 0. The summed E-state index contributed by atoms with van der Waals surface area (Å²) in [6.07, 6.45) is 0. The number of nitrogens with one attached hydrogen (secondary N) is 2. The molecule has 0 aliphatic rings. The van der Waals surface area contributed by atoms with Gasteiger partial charge in [-0.05, 0) is 20.0 Å². The van der Waals surface area contributed by atoms with Gasteiger partial charge < -0.3 is 20.5 Å². The summed E-state index contributed by atoms with van der Waals surface area (Å²) in [7, 11) is 3.52. The first kappa shape index (κ1) is 14.0. The predicted molar refractivity (Wildman–Crippen MR) is 69.3 cm³/mol. The molecular formula is C13H22N2O2. The van der Waals surface area contributed by atoms with Crippen LogP contribution >= 0.6 is 0 Å². The molecule has 0 aromatic heterocycles. The Bertz CT molecular complexity index is 327. The van der Waals surface area contributed by atoms with Crippen LogP contribution in [0.2, 0.25) is 0 Å². The van der Waals surface area contributed by atoms with Crippen LogP contribution in [0.1, 0.15) is 18.5 Å². The smallest absolute Gasteiger partial charge is 0.123 e. The zero-order valence-corrected chi connectivity index (χ0v) is 10.7. The molecule has 96 valence electrons. The van der Waals surface area contributed by atoms with E-state index in [1.807, 2.05) is 31.3 Å². The highest BCUT2D eigenvalue weighted by molar-refractivity contribution is 5.35. The van der Waals surface area contributed by atoms with Gasteiger partial charge in [0.1, 0.15) is 5.75 Å². The fourth-order valence-corrected chi connectivity index (χ4v) is 1.71. The third-order valence-electron chi connectivity index (χ3n) is 2.90. The maximum Gasteiger partial charge on any atom is 0.123 e. The second-order valence-corrected chi connectivity index (χ2v) is 4.04. The van der Waals surface area contributed by atoms with Gasteiger partial charge in [0, 0.05) is 24.2 Å². The van der Waals surface area contributed by atoms with Gasteiger partial charge in [0.25, 0.3) is 0 Å². The van der Waals surface area contributed by atoms with Crippen molar-refractivity contribution in [2.75, 3.05) is 27.3 Å². The van der Waals surface area contributed by atoms with Crippen molar-refractivity contribution < 1.29 is 9.84 Å². The standard InChI is InChI=1S/C13H22N2O2/c1-10(15-8-11(9-16)14-2)12-6-4-5-7-13(12)17-3/h4-7,10-11,14-16H,8-9H2,1-3H3/t10-,11-/m0/s1. The van der Waals surface area contributed by atoms with Crippen LogP contribution in [0.3, 0.4) is 0 Å². The Hall–Kier alpha value is -1.10. The number of benzene rings is 1. The number of rotatable bonds is 7. The van der Waals surface area contributed by atoms with Crippen molar-refractivity contribution in [3.63, 3.8) is 0 Å². The molecule has 0 aliphatic carbocycles. The van der Waals surface area contributed by atoms with Crippen LogP contribution < -0.4 is 15.4 Å². The molecule has 0 radical (unpaired) electrons. The zero-order valence-electron chi connectivity index (χ0n) is 10.7. The zero-order chi connectivity index (χ0) is 12.7. The first-order valence-electron chi connectivity index (χ1n) is 5.87. The molecular weight excluding hydrogens is 216 g/mol. The molecule has 3 N–H and O–H groups in total. The number of para-hydroxylation sites is 1. The lowest BCUT2D eigenvalue weighted by atomic mass is 10.1. The number of aliphatic hydroxyl groups is 1. The van der Waals surface area contributed by atoms with Gasteiger partial charge in [-0.25, -0.2) is 0 Å². The first-order valence-corrected chi connectivity index (χ1v) is 5.87. The fourth-order valence-electron chi connectivity index (χ4n) is 1.71. The van der Waals surface area contributed by atoms with Crippen molar-refractivity contribution in [3.8, 4) is 5.75 Å². The van der Waals surface area contributed by atoms with E-state index in [4.69, 9.17) is 9.84 Å². The van der Waals surface area contributed by atoms with Crippen molar-refractivity contribution in [2.45, 2.75) is 19.0 Å². The van der Waals surface area contributed by atoms with Crippen LogP contribution in [-0.4, -0.2) is 38.5 Å². The Morgan fingerprint density at radius 2 is 2.06 bits per heavy atom. The summed E-state index contributed by atoms with van der Waals surface area (Å²) in [5, 5.41) is 15.5. The molecule has 4 heteroatoms. The average molecular weight is 238 g/mol. The molecule has 0 aliphatic heterocycles. The minimum Gasteiger partial charge on any atom is -0.496 e. The van der Waals surface area contributed by atoms with Crippen LogP contribution in [0.15, 0.2) is 24.3 Å². The number of likely N-dealkylation sites (N-methyl/N-ethyl adjacent to an activating group) is 1. The number of hydrogen-bond acceptors (Lipinski definition) is 4. The summed E-state index contributed by atoms with van der Waals surface area (Å²) in [5.74, 6) is 0.887. The molecule has 0 saturated carbocycles. The molecule has 0 amide bonds. The molecule has 0 unspecified atom stereocenters. The lowest BCUT2D eigenvalue weighted by Gasteiger charge is -2.20. The number of ether oxygens (including phenoxy) is 1. The van der Waals surface area contributed by atoms with Crippen molar-refractivity contribution in [3.05, 3.63) is 29.8 Å². The Balaban J connectivity index is 2.60. The third kappa shape index (κ3) is 4.00. The molecule has 1 rings (SSSR count). The maximum absolute atomic E-state index is 9.08. The summed E-state index contributed by atoms with van der Waals surface area (Å²) in [6.45, 7) is 2.93. The predicted octanol–water partition coefficient (Wildman–Crippen LogP) is 0.926. The molecule has 0 saturated heterocycles. The number of aliphatic hydroxyl groups excluding tert-OH is 1. The SMILES string of the molecule is CN[C@H](CO)CN[C@@H](C)c1ccccc1OC. The van der Waals surface area contributed by atoms with Gasteiger partial charge in [-0.1, -0.05) is 18.2 Å². The van der Waals surface area contributed by atoms with Crippen molar-refractivity contribution >= 4 is 0 Å². The second-order valence-electron chi connectivity index (χ2n) is 4.04. The van der Waals surface area contributed by atoms with E-state index in [1.54, 1.807) is 7.11 Å². The van der Waals surface area contributed by atoms with Crippen LogP contribution in [0.25, 0.3) is 0 Å². The summed E-state index contributed by atoms with van der Waals surface area (Å²) in [6, 6.07) is 8.22. The third-order valence-corrected chi connectivity index (χ3v) is 2.90. The van der Waals surface area contributed by atoms with Gasteiger partial charge in [0.15, 0.2) is 0 Å². The van der Waals surface area contributed by atoms with Gasteiger partial charge in [-0.3, -0.25) is 0 Å². The minimum absolute atomic E-state index is 0.0761. The Morgan fingerprint density at radius 3 is 2.65 bits per heavy atom. The highest BCUT2D eigenvalue weighted by Crippen LogP contribution is 2.23. The largest absolute Gasteiger partial charge is 0.496 e. The van der Waals surface area contributed by atoms with Gasteiger partial charge in [0.05, 0.1) is 13.7 Å². The van der Waals surface area contributed by atoms with E-state index in [-0.39, 0.29) is 18.7 Å². The lowest BCUT2D eigenvalue weighted by molar-refractivity contribution is 0.242. The molecule has 0 spiro atoms. The van der Waals surface area contributed by atoms with Crippen LogP contribution in [0.5, 0.6) is 5.75 Å². The van der Waals surface area contributed by atoms with E-state index in [0.29, 0.717) is 6.54 Å². The maximum atomic E-state index is 9.08. The normalized spacial score (nSPS) is 14.4. The van der Waals surface area contributed by atoms with Crippen molar-refractivity contribution in [2.24, 2.45) is 0 Å². The number of hydrogen-bond donors (Lipinski definition) is 3. The molecule has 2 atom stereocenters. The molecule has 17 heavy (non-hydrogen) atoms. The molecule has 0 heterocycles. The van der Waals surface area contributed by atoms with E-state index in [2.05, 4.69) is 17.6 Å². The highest BCUT2D eigenvalue weighted by atomic mass is 16.5. The Kier molecular flexibility index (Phi) is 5.97. The summed E-state index contributed by atoms with van der Waals surface area (Å²) in [5.41, 5.74) is 1.13. The second kappa shape index (κ2) is 7.27. The van der Waals surface area contributed by atoms with Crippen molar-refractivity contribution in [1.29, 1.82) is 0 Å². The molecule has 0 bridgehead atoms. The van der Waals surface area contributed by atoms with Crippen LogP contribution in [0.4, 0.5) is 0 Å². The molecule has 1 aromatic rings. The van der Waals surface area contributed by atoms with Gasteiger partial charge in [-0.2, -0.15) is 0 Å².